The van der Waals surface area contributed by atoms with E-state index in [9.17, 15) is 9.18 Å². The van der Waals surface area contributed by atoms with Crippen LogP contribution < -0.4 is 5.32 Å². The highest BCUT2D eigenvalue weighted by molar-refractivity contribution is 6.29. The fraction of sp³-hybridized carbons (Fsp3) is 0.348. The molecule has 0 aliphatic carbocycles. The first-order valence-electron chi connectivity index (χ1n) is 10.5. The lowest BCUT2D eigenvalue weighted by Gasteiger charge is -2.48. The number of carbonyl (C=O) groups is 1. The summed E-state index contributed by atoms with van der Waals surface area (Å²) in [7, 11) is 0. The predicted octanol–water partition coefficient (Wildman–Crippen LogP) is 3.62. The van der Waals surface area contributed by atoms with Crippen LogP contribution in [0.2, 0.25) is 5.28 Å². The Morgan fingerprint density at radius 2 is 1.74 bits per heavy atom. The Bertz CT molecular complexity index is 1090. The van der Waals surface area contributed by atoms with E-state index in [1.807, 2.05) is 17.0 Å². The maximum absolute atomic E-state index is 13.5. The number of nitrogens with one attached hydrogen (secondary N) is 1. The second-order valence-electron chi connectivity index (χ2n) is 8.39. The summed E-state index contributed by atoms with van der Waals surface area (Å²) in [6, 6.07) is 9.83. The van der Waals surface area contributed by atoms with Crippen LogP contribution in [0, 0.1) is 11.2 Å². The quantitative estimate of drug-likeness (QED) is 0.674. The van der Waals surface area contributed by atoms with E-state index in [-0.39, 0.29) is 23.6 Å². The average Bonchev–Trinajstić information content (AvgIpc) is 3.09. The van der Waals surface area contributed by atoms with Crippen LogP contribution in [0.3, 0.4) is 0 Å². The van der Waals surface area contributed by atoms with Crippen LogP contribution >= 0.6 is 11.6 Å². The van der Waals surface area contributed by atoms with Crippen LogP contribution in [0.1, 0.15) is 12.8 Å². The maximum atomic E-state index is 13.5. The first-order valence-corrected chi connectivity index (χ1v) is 10.8. The van der Waals surface area contributed by atoms with Crippen molar-refractivity contribution in [2.75, 3.05) is 26.2 Å². The molecule has 1 N–H and O–H groups in total. The molecule has 0 saturated carbocycles. The summed E-state index contributed by atoms with van der Waals surface area (Å²) in [5.41, 5.74) is 3.30. The number of amides is 1. The first kappa shape index (κ1) is 20.2. The van der Waals surface area contributed by atoms with Gasteiger partial charge in [-0.2, -0.15) is 0 Å². The van der Waals surface area contributed by atoms with Crippen molar-refractivity contribution in [2.24, 2.45) is 5.41 Å². The molecule has 2 aromatic heterocycles. The smallest absolute Gasteiger partial charge is 0.242 e. The van der Waals surface area contributed by atoms with Crippen molar-refractivity contribution in [3.05, 3.63) is 59.9 Å². The molecule has 5 rings (SSSR count). The Morgan fingerprint density at radius 1 is 1.06 bits per heavy atom. The predicted molar refractivity (Wildman–Crippen MR) is 117 cm³/mol. The summed E-state index contributed by atoms with van der Waals surface area (Å²) in [6.07, 6.45) is 5.43. The number of halogens is 2. The molecule has 2 aliphatic heterocycles. The Morgan fingerprint density at radius 3 is 2.35 bits per heavy atom. The molecular formula is C23H23ClFN5O. The monoisotopic (exact) mass is 439 g/mol. The molecule has 1 spiro atoms. The third-order valence-corrected chi connectivity index (χ3v) is 6.75. The van der Waals surface area contributed by atoms with E-state index >= 15 is 0 Å². The number of imidazole rings is 1. The summed E-state index contributed by atoms with van der Waals surface area (Å²) in [4.78, 5) is 23.7. The minimum atomic E-state index is -0.320. The van der Waals surface area contributed by atoms with Crippen molar-refractivity contribution < 1.29 is 9.18 Å². The van der Waals surface area contributed by atoms with Crippen LogP contribution in [-0.2, 0) is 11.3 Å². The summed E-state index contributed by atoms with van der Waals surface area (Å²) in [5.74, 6) is -0.290. The van der Waals surface area contributed by atoms with Gasteiger partial charge in [0.2, 0.25) is 11.2 Å². The van der Waals surface area contributed by atoms with Gasteiger partial charge < -0.3 is 14.8 Å². The van der Waals surface area contributed by atoms with E-state index in [1.54, 1.807) is 29.1 Å². The van der Waals surface area contributed by atoms with E-state index in [4.69, 9.17) is 11.6 Å². The van der Waals surface area contributed by atoms with Gasteiger partial charge in [-0.25, -0.2) is 9.37 Å². The zero-order chi connectivity index (χ0) is 21.4. The van der Waals surface area contributed by atoms with Crippen LogP contribution in [0.15, 0.2) is 48.8 Å². The van der Waals surface area contributed by atoms with E-state index < -0.39 is 0 Å². The van der Waals surface area contributed by atoms with Crippen molar-refractivity contribution in [3.63, 3.8) is 0 Å². The lowest BCUT2D eigenvalue weighted by molar-refractivity contribution is -0.134. The number of rotatable bonds is 4. The van der Waals surface area contributed by atoms with Gasteiger partial charge in [0.25, 0.3) is 0 Å². The van der Waals surface area contributed by atoms with Crippen LogP contribution in [0.25, 0.3) is 22.5 Å². The SMILES string of the molecule is O=C(Cn1c(Cl)nc(-c2ccc(F)cc2)c1-c1ccncc1)N1CCC2(CC1)CNC2. The summed E-state index contributed by atoms with van der Waals surface area (Å²) < 4.78 is 15.2. The number of hydrogen-bond donors (Lipinski definition) is 1. The summed E-state index contributed by atoms with van der Waals surface area (Å²) >= 11 is 6.52. The Kier molecular flexibility index (Phi) is 5.24. The molecule has 0 unspecified atom stereocenters. The van der Waals surface area contributed by atoms with Gasteiger partial charge >= 0.3 is 0 Å². The number of benzene rings is 1. The normalized spacial score (nSPS) is 17.5. The summed E-state index contributed by atoms with van der Waals surface area (Å²) in [6.45, 7) is 3.74. The van der Waals surface area contributed by atoms with Gasteiger partial charge in [0.1, 0.15) is 12.4 Å². The van der Waals surface area contributed by atoms with Crippen LogP contribution in [0.5, 0.6) is 0 Å². The topological polar surface area (TPSA) is 63.1 Å². The number of likely N-dealkylation sites (tertiary alicyclic amines) is 1. The van der Waals surface area contributed by atoms with Gasteiger partial charge in [-0.05, 0) is 66.3 Å². The molecule has 0 atom stereocenters. The molecule has 1 aromatic carbocycles. The highest BCUT2D eigenvalue weighted by Crippen LogP contribution is 2.36. The van der Waals surface area contributed by atoms with Crippen molar-refractivity contribution >= 4 is 17.5 Å². The fourth-order valence-corrected chi connectivity index (χ4v) is 4.71. The number of hydrogen-bond acceptors (Lipinski definition) is 4. The molecule has 31 heavy (non-hydrogen) atoms. The minimum Gasteiger partial charge on any atom is -0.341 e. The molecule has 2 aliphatic rings. The molecule has 2 fully saturated rings. The lowest BCUT2D eigenvalue weighted by Crippen LogP contribution is -2.59. The third kappa shape index (κ3) is 3.83. The second kappa shape index (κ2) is 8.05. The number of carbonyl (C=O) groups excluding carboxylic acids is 1. The van der Waals surface area contributed by atoms with Crippen LogP contribution in [-0.4, -0.2) is 51.5 Å². The molecule has 0 bridgehead atoms. The Balaban J connectivity index is 1.46. The van der Waals surface area contributed by atoms with Crippen molar-refractivity contribution in [1.82, 2.24) is 24.8 Å². The van der Waals surface area contributed by atoms with Crippen molar-refractivity contribution in [2.45, 2.75) is 19.4 Å². The van der Waals surface area contributed by atoms with Crippen LogP contribution in [0.4, 0.5) is 4.39 Å². The Labute approximate surface area is 185 Å². The van der Waals surface area contributed by atoms with Crippen molar-refractivity contribution in [3.8, 4) is 22.5 Å². The van der Waals surface area contributed by atoms with E-state index in [2.05, 4.69) is 15.3 Å². The first-order chi connectivity index (χ1) is 15.0. The average molecular weight is 440 g/mol. The second-order valence-corrected chi connectivity index (χ2v) is 8.73. The number of piperidine rings is 1. The number of aromatic nitrogens is 3. The minimum absolute atomic E-state index is 0.0300. The standard InChI is InChI=1S/C23H23ClFN5O/c24-22-28-20(16-1-3-18(25)4-2-16)21(17-5-9-26-10-6-17)30(22)13-19(31)29-11-7-23(8-12-29)14-27-15-23/h1-6,9-10,27H,7-8,11-15H2. The largest absolute Gasteiger partial charge is 0.341 e. The van der Waals surface area contributed by atoms with Gasteiger partial charge in [0, 0.05) is 49.7 Å². The van der Waals surface area contributed by atoms with Crippen molar-refractivity contribution in [1.29, 1.82) is 0 Å². The Hall–Kier alpha value is -2.77. The summed E-state index contributed by atoms with van der Waals surface area (Å²) in [5, 5.41) is 3.58. The molecule has 6 nitrogen and oxygen atoms in total. The number of pyridine rings is 1. The van der Waals surface area contributed by atoms with E-state index in [0.29, 0.717) is 11.1 Å². The zero-order valence-corrected chi connectivity index (χ0v) is 17.8. The molecule has 8 heteroatoms. The maximum Gasteiger partial charge on any atom is 0.242 e. The van der Waals surface area contributed by atoms with Gasteiger partial charge in [0.15, 0.2) is 0 Å². The molecule has 160 valence electrons. The van der Waals surface area contributed by atoms with E-state index in [1.165, 1.54) is 12.1 Å². The van der Waals surface area contributed by atoms with Gasteiger partial charge in [-0.3, -0.25) is 9.78 Å². The molecule has 0 radical (unpaired) electrons. The van der Waals surface area contributed by atoms with Gasteiger partial charge in [-0.15, -0.1) is 0 Å². The fourth-order valence-electron chi connectivity index (χ4n) is 4.48. The van der Waals surface area contributed by atoms with Gasteiger partial charge in [-0.1, -0.05) is 0 Å². The highest BCUT2D eigenvalue weighted by atomic mass is 35.5. The molecule has 3 aromatic rings. The molecule has 1 amide bonds. The molecule has 2 saturated heterocycles. The lowest BCUT2D eigenvalue weighted by atomic mass is 9.73. The highest BCUT2D eigenvalue weighted by Gasteiger charge is 2.40. The van der Waals surface area contributed by atoms with Gasteiger partial charge in [0.05, 0.1) is 11.4 Å². The third-order valence-electron chi connectivity index (χ3n) is 6.46. The molecule has 4 heterocycles. The molecular weight excluding hydrogens is 417 g/mol. The van der Waals surface area contributed by atoms with E-state index in [0.717, 1.165) is 55.8 Å². The number of nitrogens with zero attached hydrogens (tertiary/aromatic N) is 4. The zero-order valence-electron chi connectivity index (χ0n) is 17.0.